The zero-order valence-electron chi connectivity index (χ0n) is 19.5. The highest BCUT2D eigenvalue weighted by Crippen LogP contribution is 2.30. The number of likely N-dealkylation sites (tertiary alicyclic amines) is 1. The number of carbonyl (C=O) groups is 2. The number of nitrogen functional groups attached to an aromatic ring is 1. The average Bonchev–Trinajstić information content (AvgIpc) is 3.44. The third kappa shape index (κ3) is 5.04. The van der Waals surface area contributed by atoms with E-state index in [0.717, 1.165) is 36.7 Å². The van der Waals surface area contributed by atoms with E-state index in [1.165, 1.54) is 0 Å². The topological polar surface area (TPSA) is 97.5 Å². The largest absolute Gasteiger partial charge is 0.476 e. The monoisotopic (exact) mass is 544 g/mol. The lowest BCUT2D eigenvalue weighted by atomic mass is 10.1. The Hall–Kier alpha value is -3.91. The molecule has 5 rings (SSSR count). The van der Waals surface area contributed by atoms with Crippen molar-refractivity contribution < 1.29 is 14.3 Å². The van der Waals surface area contributed by atoms with Crippen LogP contribution < -0.4 is 15.8 Å². The average molecular weight is 545 g/mol. The second-order valence-electron chi connectivity index (χ2n) is 8.67. The lowest BCUT2D eigenvalue weighted by molar-refractivity contribution is -0.123. The van der Waals surface area contributed by atoms with Crippen LogP contribution in [0.15, 0.2) is 83.5 Å². The maximum absolute atomic E-state index is 13.5. The number of benzene rings is 3. The third-order valence-electron chi connectivity index (χ3n) is 6.23. The Morgan fingerprint density at radius 3 is 2.53 bits per heavy atom. The number of nitrogens with one attached hydrogen (secondary N) is 1. The maximum atomic E-state index is 13.5. The van der Waals surface area contributed by atoms with E-state index >= 15 is 0 Å². The molecule has 0 saturated carbocycles. The second kappa shape index (κ2) is 10.4. The van der Waals surface area contributed by atoms with Crippen LogP contribution in [0.5, 0.6) is 5.75 Å². The predicted molar refractivity (Wildman–Crippen MR) is 144 cm³/mol. The minimum absolute atomic E-state index is 0.00152. The van der Waals surface area contributed by atoms with E-state index in [0.29, 0.717) is 32.9 Å². The quantitative estimate of drug-likeness (QED) is 0.330. The Balaban J connectivity index is 1.39. The molecular weight excluding hydrogens is 520 g/mol. The van der Waals surface area contributed by atoms with E-state index in [-0.39, 0.29) is 11.8 Å². The summed E-state index contributed by atoms with van der Waals surface area (Å²) in [5, 5.41) is 4.63. The molecule has 0 radical (unpaired) electrons. The van der Waals surface area contributed by atoms with Crippen LogP contribution in [0.3, 0.4) is 0 Å². The summed E-state index contributed by atoms with van der Waals surface area (Å²) in [5.74, 6) is 0.546. The van der Waals surface area contributed by atoms with Gasteiger partial charge in [-0.25, -0.2) is 4.98 Å². The van der Waals surface area contributed by atoms with Crippen LogP contribution in [0, 0.1) is 0 Å². The molecule has 1 unspecified atom stereocenters. The summed E-state index contributed by atoms with van der Waals surface area (Å²) < 4.78 is 6.82. The number of aromatic nitrogens is 1. The van der Waals surface area contributed by atoms with Crippen molar-refractivity contribution in [2.75, 3.05) is 24.1 Å². The minimum Gasteiger partial charge on any atom is -0.476 e. The van der Waals surface area contributed by atoms with Gasteiger partial charge < -0.3 is 20.7 Å². The predicted octanol–water partition coefficient (Wildman–Crippen LogP) is 5.57. The molecule has 1 saturated heterocycles. The highest BCUT2D eigenvalue weighted by molar-refractivity contribution is 9.10. The van der Waals surface area contributed by atoms with E-state index in [1.54, 1.807) is 36.5 Å². The fraction of sp³-hybridized carbons (Fsp3) is 0.179. The Morgan fingerprint density at radius 2 is 1.78 bits per heavy atom. The summed E-state index contributed by atoms with van der Waals surface area (Å²) in [5.41, 5.74) is 7.87. The normalized spacial score (nSPS) is 14.0. The molecule has 2 heterocycles. The van der Waals surface area contributed by atoms with Gasteiger partial charge in [0.2, 0.25) is 6.10 Å². The van der Waals surface area contributed by atoms with Crippen LogP contribution in [-0.2, 0) is 4.79 Å². The number of nitrogens with two attached hydrogens (primary N) is 1. The molecule has 7 nitrogen and oxygen atoms in total. The first-order valence-electron chi connectivity index (χ1n) is 11.7. The molecule has 3 aromatic carbocycles. The lowest BCUT2D eigenvalue weighted by Crippen LogP contribution is -2.28. The molecule has 3 N–H and O–H groups in total. The molecular formula is C28H25BrN4O3. The van der Waals surface area contributed by atoms with Crippen LogP contribution in [0.4, 0.5) is 11.5 Å². The molecule has 182 valence electrons. The summed E-state index contributed by atoms with van der Waals surface area (Å²) in [7, 11) is 0. The number of hydrogen-bond donors (Lipinski definition) is 2. The molecule has 0 bridgehead atoms. The fourth-order valence-corrected chi connectivity index (χ4v) is 4.81. The van der Waals surface area contributed by atoms with Crippen molar-refractivity contribution in [2.45, 2.75) is 18.9 Å². The maximum Gasteiger partial charge on any atom is 0.270 e. The lowest BCUT2D eigenvalue weighted by Gasteiger charge is -2.20. The number of hydrogen-bond acceptors (Lipinski definition) is 5. The summed E-state index contributed by atoms with van der Waals surface area (Å²) in [6, 6.07) is 21.8. The van der Waals surface area contributed by atoms with Gasteiger partial charge in [0, 0.05) is 40.3 Å². The smallest absolute Gasteiger partial charge is 0.270 e. The van der Waals surface area contributed by atoms with Crippen LogP contribution in [0.25, 0.3) is 10.8 Å². The third-order valence-corrected chi connectivity index (χ3v) is 6.89. The van der Waals surface area contributed by atoms with Gasteiger partial charge in [0.15, 0.2) is 0 Å². The van der Waals surface area contributed by atoms with Crippen LogP contribution in [-0.4, -0.2) is 34.8 Å². The van der Waals surface area contributed by atoms with E-state index in [9.17, 15) is 9.59 Å². The SMILES string of the molecule is Nc1nccc2ccc(OC(C(=O)Nc3ccc(C(=O)N4CCCC4)cc3Br)c3ccccc3)cc12. The van der Waals surface area contributed by atoms with Gasteiger partial charge in [-0.1, -0.05) is 36.4 Å². The summed E-state index contributed by atoms with van der Waals surface area (Å²) >= 11 is 3.51. The number of ether oxygens (including phenoxy) is 1. The van der Waals surface area contributed by atoms with E-state index < -0.39 is 6.10 Å². The number of halogens is 1. The van der Waals surface area contributed by atoms with Crippen LogP contribution in [0.1, 0.15) is 34.9 Å². The second-order valence-corrected chi connectivity index (χ2v) is 9.53. The molecule has 0 aliphatic carbocycles. The summed E-state index contributed by atoms with van der Waals surface area (Å²) in [6.45, 7) is 1.56. The fourth-order valence-electron chi connectivity index (χ4n) is 4.33. The van der Waals surface area contributed by atoms with E-state index in [1.807, 2.05) is 47.4 Å². The van der Waals surface area contributed by atoms with Crippen molar-refractivity contribution in [3.8, 4) is 5.75 Å². The van der Waals surface area contributed by atoms with Crippen molar-refractivity contribution in [1.82, 2.24) is 9.88 Å². The van der Waals surface area contributed by atoms with Gasteiger partial charge in [0.1, 0.15) is 11.6 Å². The molecule has 1 atom stereocenters. The molecule has 36 heavy (non-hydrogen) atoms. The molecule has 0 spiro atoms. The Bertz CT molecular complexity index is 1420. The Labute approximate surface area is 217 Å². The number of nitrogens with zero attached hydrogens (tertiary/aromatic N) is 2. The van der Waals surface area contributed by atoms with Crippen LogP contribution >= 0.6 is 15.9 Å². The standard InChI is InChI=1S/C28H25BrN4O3/c29-23-16-20(28(35)33-14-4-5-15-33)9-11-24(23)32-27(34)25(19-6-2-1-3-7-19)36-21-10-8-18-12-13-31-26(30)22(18)17-21/h1-3,6-13,16-17,25H,4-5,14-15H2,(H2,30,31)(H,32,34). The van der Waals surface area contributed by atoms with Gasteiger partial charge in [-0.2, -0.15) is 0 Å². The number of carbonyl (C=O) groups excluding carboxylic acids is 2. The highest BCUT2D eigenvalue weighted by Gasteiger charge is 2.25. The molecule has 1 fully saturated rings. The zero-order chi connectivity index (χ0) is 25.1. The highest BCUT2D eigenvalue weighted by atomic mass is 79.9. The van der Waals surface area contributed by atoms with Gasteiger partial charge in [0.25, 0.3) is 11.8 Å². The summed E-state index contributed by atoms with van der Waals surface area (Å²) in [6.07, 6.45) is 2.80. The zero-order valence-corrected chi connectivity index (χ0v) is 21.1. The molecule has 2 amide bonds. The van der Waals surface area contributed by atoms with Crippen molar-refractivity contribution in [3.63, 3.8) is 0 Å². The van der Waals surface area contributed by atoms with E-state index in [4.69, 9.17) is 10.5 Å². The Kier molecular flexibility index (Phi) is 6.86. The first-order chi connectivity index (χ1) is 17.5. The number of anilines is 2. The van der Waals surface area contributed by atoms with E-state index in [2.05, 4.69) is 26.2 Å². The van der Waals surface area contributed by atoms with Gasteiger partial charge in [-0.3, -0.25) is 9.59 Å². The van der Waals surface area contributed by atoms with Gasteiger partial charge in [-0.15, -0.1) is 0 Å². The van der Waals surface area contributed by atoms with Crippen LogP contribution in [0.2, 0.25) is 0 Å². The number of fused-ring (bicyclic) bond motifs is 1. The summed E-state index contributed by atoms with van der Waals surface area (Å²) in [4.78, 5) is 32.2. The number of amides is 2. The van der Waals surface area contributed by atoms with Gasteiger partial charge in [0.05, 0.1) is 5.69 Å². The first-order valence-corrected chi connectivity index (χ1v) is 12.5. The van der Waals surface area contributed by atoms with Crippen molar-refractivity contribution in [2.24, 2.45) is 0 Å². The number of pyridine rings is 1. The Morgan fingerprint density at radius 1 is 1.00 bits per heavy atom. The number of rotatable bonds is 6. The van der Waals surface area contributed by atoms with Crippen molar-refractivity contribution >= 4 is 50.0 Å². The molecule has 1 aromatic heterocycles. The minimum atomic E-state index is -0.917. The molecule has 8 heteroatoms. The van der Waals surface area contributed by atoms with Gasteiger partial charge in [-0.05, 0) is 70.6 Å². The molecule has 1 aliphatic heterocycles. The van der Waals surface area contributed by atoms with Gasteiger partial charge >= 0.3 is 0 Å². The molecule has 4 aromatic rings. The molecule has 1 aliphatic rings. The first kappa shape index (κ1) is 23.8. The van der Waals surface area contributed by atoms with Crippen molar-refractivity contribution in [3.05, 3.63) is 94.6 Å². The van der Waals surface area contributed by atoms with Crippen molar-refractivity contribution in [1.29, 1.82) is 0 Å².